The van der Waals surface area contributed by atoms with Crippen molar-refractivity contribution in [1.82, 2.24) is 25.2 Å². The number of aromatic nitrogens is 3. The topological polar surface area (TPSA) is 95.9 Å². The van der Waals surface area contributed by atoms with E-state index in [1.807, 2.05) is 9.80 Å². The number of benzene rings is 2. The van der Waals surface area contributed by atoms with Gasteiger partial charge in [-0.3, -0.25) is 0 Å². The number of hydrogen-bond acceptors (Lipinski definition) is 9. The number of nitrogens with one attached hydrogen (secondary N) is 1. The van der Waals surface area contributed by atoms with Crippen LogP contribution in [-0.4, -0.2) is 89.7 Å². The minimum atomic E-state index is -4.19. The highest BCUT2D eigenvalue weighted by Crippen LogP contribution is 2.48. The van der Waals surface area contributed by atoms with Crippen molar-refractivity contribution in [3.05, 3.63) is 41.2 Å². The lowest BCUT2D eigenvalue weighted by atomic mass is 9.95. The first-order valence-corrected chi connectivity index (χ1v) is 17.4. The van der Waals surface area contributed by atoms with Gasteiger partial charge in [0.05, 0.1) is 25.2 Å². The van der Waals surface area contributed by atoms with Gasteiger partial charge in [0.2, 0.25) is 5.88 Å². The second-order valence-corrected chi connectivity index (χ2v) is 14.5. The number of phenols is 1. The molecule has 0 spiro atoms. The van der Waals surface area contributed by atoms with E-state index in [-0.39, 0.29) is 87.5 Å². The van der Waals surface area contributed by atoms with E-state index < -0.39 is 35.1 Å². The number of piperidine rings is 1. The molecule has 1 saturated carbocycles. The number of nitrogens with zero attached hydrogens (tertiary/aromatic N) is 5. The minimum Gasteiger partial charge on any atom is -0.508 e. The fourth-order valence-electron chi connectivity index (χ4n) is 8.12. The number of aromatic hydroxyl groups is 1. The van der Waals surface area contributed by atoms with Gasteiger partial charge in [0.25, 0.3) is 0 Å². The largest absolute Gasteiger partial charge is 0.508 e. The Labute approximate surface area is 295 Å². The van der Waals surface area contributed by atoms with Crippen LogP contribution in [0.4, 0.5) is 32.2 Å². The zero-order chi connectivity index (χ0) is 36.5. The maximum atomic E-state index is 17.1. The summed E-state index contributed by atoms with van der Waals surface area (Å²) >= 11 is 0. The fraction of sp³-hybridized carbons (Fsp3) is 0.486. The van der Waals surface area contributed by atoms with Crippen LogP contribution in [0.25, 0.3) is 32.9 Å². The molecule has 4 aliphatic rings. The Balaban J connectivity index is 1.20. The molecule has 15 heteroatoms. The molecule has 2 aromatic carbocycles. The van der Waals surface area contributed by atoms with Crippen LogP contribution in [0.15, 0.2) is 18.2 Å². The number of terminal acetylenes is 1. The Bertz CT molecular complexity index is 2100. The molecule has 2 atom stereocenters. The standard InChI is InChI=1S/C37H36F6N6O3/c1-3-24-27-19(13-26(38)29(24)39)12-23(50)14-25(27)31-30(40)32-28(34(45-31)51-2)33(49-15-21-4-5-22(16-49)44-21)47-35(46-32)52-18-36(8-9-36)17-48-10-6-20(7-11-48)37(41,42)43/h1,12-14,20-22,44,50H,4-11,15-18H2,2H3. The predicted octanol–water partition coefficient (Wildman–Crippen LogP) is 6.33. The van der Waals surface area contributed by atoms with Gasteiger partial charge in [0.1, 0.15) is 28.2 Å². The van der Waals surface area contributed by atoms with Gasteiger partial charge in [-0.2, -0.15) is 23.1 Å². The Hall–Kier alpha value is -4.55. The number of phenolic OH excluding ortho intramolecular Hbond substituents is 1. The summed E-state index contributed by atoms with van der Waals surface area (Å²) in [6.45, 7) is 2.56. The number of methoxy groups -OCH3 is 1. The molecule has 3 aliphatic heterocycles. The predicted molar refractivity (Wildman–Crippen MR) is 181 cm³/mol. The number of fused-ring (bicyclic) bond motifs is 4. The van der Waals surface area contributed by atoms with E-state index in [1.165, 1.54) is 19.2 Å². The fourth-order valence-corrected chi connectivity index (χ4v) is 8.12. The van der Waals surface area contributed by atoms with Crippen LogP contribution in [0.3, 0.4) is 0 Å². The number of rotatable bonds is 8. The monoisotopic (exact) mass is 726 g/mol. The van der Waals surface area contributed by atoms with Crippen LogP contribution >= 0.6 is 0 Å². The van der Waals surface area contributed by atoms with Gasteiger partial charge in [0, 0.05) is 48.1 Å². The molecule has 274 valence electrons. The maximum Gasteiger partial charge on any atom is 0.391 e. The molecule has 3 saturated heterocycles. The zero-order valence-corrected chi connectivity index (χ0v) is 28.3. The van der Waals surface area contributed by atoms with Crippen molar-refractivity contribution in [1.29, 1.82) is 0 Å². The first kappa shape index (κ1) is 34.5. The quantitative estimate of drug-likeness (QED) is 0.160. The van der Waals surface area contributed by atoms with Crippen molar-refractivity contribution in [2.75, 3.05) is 51.3 Å². The van der Waals surface area contributed by atoms with Gasteiger partial charge in [-0.1, -0.05) is 5.92 Å². The van der Waals surface area contributed by atoms with Crippen molar-refractivity contribution in [2.24, 2.45) is 11.3 Å². The SMILES string of the molecule is C#Cc1c(F)c(F)cc2cc(O)cc(-c3nc(OC)c4c(N5CC6CCC(C5)N6)nc(OCC5(CN6CCC(C(F)(F)F)CC6)CC5)nc4c3F)c12. The molecule has 52 heavy (non-hydrogen) atoms. The third kappa shape index (κ3) is 6.19. The lowest BCUT2D eigenvalue weighted by Crippen LogP contribution is -2.51. The van der Waals surface area contributed by atoms with E-state index in [2.05, 4.69) is 21.2 Å². The van der Waals surface area contributed by atoms with Crippen LogP contribution in [0, 0.1) is 41.1 Å². The van der Waals surface area contributed by atoms with E-state index in [4.69, 9.17) is 20.9 Å². The average molecular weight is 727 g/mol. The summed E-state index contributed by atoms with van der Waals surface area (Å²) in [5.41, 5.74) is -1.44. The summed E-state index contributed by atoms with van der Waals surface area (Å²) < 4.78 is 98.3. The lowest BCUT2D eigenvalue weighted by molar-refractivity contribution is -0.185. The Morgan fingerprint density at radius 3 is 2.33 bits per heavy atom. The van der Waals surface area contributed by atoms with E-state index in [0.717, 1.165) is 31.7 Å². The maximum absolute atomic E-state index is 17.1. The summed E-state index contributed by atoms with van der Waals surface area (Å²) in [5.74, 6) is -2.67. The lowest BCUT2D eigenvalue weighted by Gasteiger charge is -2.35. The summed E-state index contributed by atoms with van der Waals surface area (Å²) in [5, 5.41) is 14.3. The highest BCUT2D eigenvalue weighted by molar-refractivity contribution is 6.04. The number of halogens is 6. The van der Waals surface area contributed by atoms with Crippen molar-refractivity contribution in [3.8, 4) is 41.2 Å². The van der Waals surface area contributed by atoms with Gasteiger partial charge in [-0.05, 0) is 75.2 Å². The molecule has 5 heterocycles. The van der Waals surface area contributed by atoms with E-state index >= 15 is 4.39 Å². The summed E-state index contributed by atoms with van der Waals surface area (Å²) in [7, 11) is 1.36. The number of anilines is 1. The van der Waals surface area contributed by atoms with Crippen molar-refractivity contribution in [3.63, 3.8) is 0 Å². The van der Waals surface area contributed by atoms with Crippen molar-refractivity contribution in [2.45, 2.75) is 56.8 Å². The molecule has 4 aromatic rings. The Kier molecular flexibility index (Phi) is 8.53. The van der Waals surface area contributed by atoms with Crippen LogP contribution in [-0.2, 0) is 0 Å². The third-order valence-electron chi connectivity index (χ3n) is 11.0. The molecular formula is C37H36F6N6O3. The van der Waals surface area contributed by atoms with Gasteiger partial charge >= 0.3 is 12.2 Å². The molecule has 8 rings (SSSR count). The van der Waals surface area contributed by atoms with Gasteiger partial charge in [-0.15, -0.1) is 6.42 Å². The molecule has 2 N–H and O–H groups in total. The van der Waals surface area contributed by atoms with E-state index in [0.29, 0.717) is 38.5 Å². The molecule has 0 radical (unpaired) electrons. The van der Waals surface area contributed by atoms with Crippen LogP contribution in [0.5, 0.6) is 17.6 Å². The molecular weight excluding hydrogens is 690 g/mol. The van der Waals surface area contributed by atoms with E-state index in [1.54, 1.807) is 0 Å². The molecule has 2 unspecified atom stereocenters. The Morgan fingerprint density at radius 2 is 1.69 bits per heavy atom. The van der Waals surface area contributed by atoms with Crippen molar-refractivity contribution < 1.29 is 40.9 Å². The molecule has 0 amide bonds. The van der Waals surface area contributed by atoms with Crippen LogP contribution < -0.4 is 19.7 Å². The summed E-state index contributed by atoms with van der Waals surface area (Å²) in [6.07, 6.45) is 5.07. The number of hydrogen-bond donors (Lipinski definition) is 2. The second kappa shape index (κ2) is 12.8. The van der Waals surface area contributed by atoms with Gasteiger partial charge in [-0.25, -0.2) is 18.2 Å². The summed E-state index contributed by atoms with van der Waals surface area (Å²) in [6, 6.07) is 3.48. The van der Waals surface area contributed by atoms with Gasteiger partial charge in [0.15, 0.2) is 17.5 Å². The molecule has 2 bridgehead atoms. The first-order valence-electron chi connectivity index (χ1n) is 17.4. The highest BCUT2D eigenvalue weighted by Gasteiger charge is 2.47. The normalized spacial score (nSPS) is 21.8. The van der Waals surface area contributed by atoms with Crippen LogP contribution in [0.1, 0.15) is 44.1 Å². The zero-order valence-electron chi connectivity index (χ0n) is 28.3. The molecule has 2 aromatic heterocycles. The smallest absolute Gasteiger partial charge is 0.391 e. The van der Waals surface area contributed by atoms with E-state index in [9.17, 15) is 27.1 Å². The second-order valence-electron chi connectivity index (χ2n) is 14.5. The minimum absolute atomic E-state index is 0.0307. The molecule has 9 nitrogen and oxygen atoms in total. The Morgan fingerprint density at radius 1 is 0.981 bits per heavy atom. The number of pyridine rings is 1. The average Bonchev–Trinajstić information content (AvgIpc) is 3.80. The van der Waals surface area contributed by atoms with Crippen molar-refractivity contribution >= 4 is 27.5 Å². The highest BCUT2D eigenvalue weighted by atomic mass is 19.4. The number of likely N-dealkylation sites (tertiary alicyclic amines) is 1. The number of ether oxygens (including phenoxy) is 2. The number of piperazine rings is 1. The molecule has 1 aliphatic carbocycles. The summed E-state index contributed by atoms with van der Waals surface area (Å²) in [4.78, 5) is 17.9. The number of alkyl halides is 3. The van der Waals surface area contributed by atoms with Gasteiger partial charge < -0.3 is 29.7 Å². The third-order valence-corrected chi connectivity index (χ3v) is 11.0. The first-order chi connectivity index (χ1) is 24.9. The van der Waals surface area contributed by atoms with Crippen LogP contribution in [0.2, 0.25) is 0 Å². The molecule has 4 fully saturated rings.